The molecule has 0 aliphatic rings. The summed E-state index contributed by atoms with van der Waals surface area (Å²) in [6.45, 7) is 0. The highest BCUT2D eigenvalue weighted by atomic mass is 16.1. The first-order chi connectivity index (χ1) is 6.86. The van der Waals surface area contributed by atoms with Gasteiger partial charge in [0.2, 0.25) is 0 Å². The van der Waals surface area contributed by atoms with Gasteiger partial charge in [-0.05, 0) is 17.7 Å². The van der Waals surface area contributed by atoms with Crippen LogP contribution >= 0.6 is 0 Å². The Hall–Kier alpha value is -1.77. The third-order valence-corrected chi connectivity index (χ3v) is 2.36. The zero-order valence-corrected chi connectivity index (χ0v) is 8.00. The van der Waals surface area contributed by atoms with Gasteiger partial charge in [-0.1, -0.05) is 6.07 Å². The fraction of sp³-hybridized carbons (Fsp3) is 0.182. The van der Waals surface area contributed by atoms with Crippen molar-refractivity contribution >= 4 is 22.9 Å². The molecule has 1 aromatic carbocycles. The Morgan fingerprint density at radius 2 is 2.36 bits per heavy atom. The molecule has 0 radical (unpaired) electrons. The average Bonchev–Trinajstić information content (AvgIpc) is 2.62. The second kappa shape index (κ2) is 3.54. The van der Waals surface area contributed by atoms with E-state index < -0.39 is 0 Å². The third kappa shape index (κ3) is 1.27. The van der Waals surface area contributed by atoms with Gasteiger partial charge >= 0.3 is 0 Å². The molecule has 2 rings (SSSR count). The van der Waals surface area contributed by atoms with Crippen LogP contribution in [0.1, 0.15) is 5.56 Å². The minimum Gasteiger partial charge on any atom is -0.388 e. The summed E-state index contributed by atoms with van der Waals surface area (Å²) in [6.07, 6.45) is 3.27. The number of carbonyl (C=O) groups excluding carboxylic acids is 1. The lowest BCUT2D eigenvalue weighted by Gasteiger charge is -2.03. The molecule has 72 valence electrons. The van der Waals surface area contributed by atoms with Crippen molar-refractivity contribution in [1.29, 1.82) is 0 Å². The first-order valence-corrected chi connectivity index (χ1v) is 4.57. The van der Waals surface area contributed by atoms with E-state index in [4.69, 9.17) is 0 Å². The number of hydrogen-bond acceptors (Lipinski definition) is 2. The van der Waals surface area contributed by atoms with E-state index in [0.717, 1.165) is 28.4 Å². The molecule has 14 heavy (non-hydrogen) atoms. The smallest absolute Gasteiger partial charge is 0.124 e. The molecule has 0 bridgehead atoms. The molecule has 0 fully saturated rings. The number of fused-ring (bicyclic) bond motifs is 1. The molecular weight excluding hydrogens is 176 g/mol. The number of hydrogen-bond donors (Lipinski definition) is 2. The Kier molecular flexibility index (Phi) is 2.23. The molecule has 2 aromatic rings. The molecule has 0 aliphatic carbocycles. The number of aromatic nitrogens is 1. The minimum absolute atomic E-state index is 0.457. The van der Waals surface area contributed by atoms with E-state index in [9.17, 15) is 4.79 Å². The second-order valence-corrected chi connectivity index (χ2v) is 3.16. The van der Waals surface area contributed by atoms with Gasteiger partial charge in [-0.3, -0.25) is 0 Å². The van der Waals surface area contributed by atoms with E-state index in [0.29, 0.717) is 6.42 Å². The molecule has 0 aliphatic heterocycles. The Morgan fingerprint density at radius 1 is 1.50 bits per heavy atom. The predicted molar refractivity (Wildman–Crippen MR) is 57.6 cm³/mol. The molecule has 0 unspecified atom stereocenters. The van der Waals surface area contributed by atoms with Crippen LogP contribution in [0.5, 0.6) is 0 Å². The second-order valence-electron chi connectivity index (χ2n) is 3.16. The average molecular weight is 188 g/mol. The molecule has 0 saturated heterocycles. The maximum Gasteiger partial charge on any atom is 0.124 e. The highest BCUT2D eigenvalue weighted by Crippen LogP contribution is 2.26. The van der Waals surface area contributed by atoms with E-state index in [2.05, 4.69) is 10.3 Å². The van der Waals surface area contributed by atoms with Crippen LogP contribution in [0, 0.1) is 0 Å². The summed E-state index contributed by atoms with van der Waals surface area (Å²) in [5, 5.41) is 4.23. The zero-order valence-electron chi connectivity index (χ0n) is 8.00. The lowest BCUT2D eigenvalue weighted by Crippen LogP contribution is -1.90. The number of anilines is 1. The predicted octanol–water partition coefficient (Wildman–Crippen LogP) is 1.95. The summed E-state index contributed by atoms with van der Waals surface area (Å²) in [6, 6.07) is 5.99. The number of H-pyrrole nitrogens is 1. The molecular formula is C11H12N2O. The summed E-state index contributed by atoms with van der Waals surface area (Å²) in [5.41, 5.74) is 3.16. The van der Waals surface area contributed by atoms with Crippen molar-refractivity contribution in [1.82, 2.24) is 4.98 Å². The lowest BCUT2D eigenvalue weighted by atomic mass is 10.1. The van der Waals surface area contributed by atoms with Gasteiger partial charge in [-0.2, -0.15) is 0 Å². The van der Waals surface area contributed by atoms with Crippen LogP contribution in [0.2, 0.25) is 0 Å². The highest BCUT2D eigenvalue weighted by Gasteiger charge is 2.06. The Morgan fingerprint density at radius 3 is 3.07 bits per heavy atom. The van der Waals surface area contributed by atoms with Crippen LogP contribution in [-0.4, -0.2) is 18.3 Å². The number of rotatable bonds is 3. The number of carbonyl (C=O) groups is 1. The van der Waals surface area contributed by atoms with Gasteiger partial charge in [0.1, 0.15) is 6.29 Å². The molecule has 1 aromatic heterocycles. The molecule has 3 nitrogen and oxygen atoms in total. The topological polar surface area (TPSA) is 44.9 Å². The van der Waals surface area contributed by atoms with E-state index in [1.54, 1.807) is 0 Å². The van der Waals surface area contributed by atoms with Crippen molar-refractivity contribution in [3.8, 4) is 0 Å². The van der Waals surface area contributed by atoms with Gasteiger partial charge in [0, 0.05) is 36.3 Å². The van der Waals surface area contributed by atoms with Gasteiger partial charge in [-0.15, -0.1) is 0 Å². The standard InChI is InChI=1S/C11H12N2O/c1-12-9-3-2-4-10-11(9)8(5-6-14)7-13-10/h2-4,6-7,12-13H,5H2,1H3. The molecule has 0 spiro atoms. The quantitative estimate of drug-likeness (QED) is 0.723. The maximum absolute atomic E-state index is 10.5. The first kappa shape index (κ1) is 8.81. The fourth-order valence-electron chi connectivity index (χ4n) is 1.71. The third-order valence-electron chi connectivity index (χ3n) is 2.36. The van der Waals surface area contributed by atoms with Crippen LogP contribution in [0.15, 0.2) is 24.4 Å². The molecule has 3 heteroatoms. The number of aromatic amines is 1. The van der Waals surface area contributed by atoms with Crippen molar-refractivity contribution in [2.45, 2.75) is 6.42 Å². The maximum atomic E-state index is 10.5. The van der Waals surface area contributed by atoms with Crippen molar-refractivity contribution in [3.63, 3.8) is 0 Å². The molecule has 2 N–H and O–H groups in total. The monoisotopic (exact) mass is 188 g/mol. The summed E-state index contributed by atoms with van der Waals surface area (Å²) < 4.78 is 0. The van der Waals surface area contributed by atoms with Crippen LogP contribution in [0.25, 0.3) is 10.9 Å². The normalized spacial score (nSPS) is 10.4. The van der Waals surface area contributed by atoms with Gasteiger partial charge in [-0.25, -0.2) is 0 Å². The first-order valence-electron chi connectivity index (χ1n) is 4.57. The van der Waals surface area contributed by atoms with Crippen molar-refractivity contribution < 1.29 is 4.79 Å². The zero-order chi connectivity index (χ0) is 9.97. The van der Waals surface area contributed by atoms with Gasteiger partial charge < -0.3 is 15.1 Å². The Balaban J connectivity index is 2.67. The molecule has 0 amide bonds. The van der Waals surface area contributed by atoms with Crippen molar-refractivity contribution in [2.75, 3.05) is 12.4 Å². The van der Waals surface area contributed by atoms with Gasteiger partial charge in [0.15, 0.2) is 0 Å². The van der Waals surface area contributed by atoms with E-state index in [1.165, 1.54) is 0 Å². The number of nitrogens with one attached hydrogen (secondary N) is 2. The molecule has 0 atom stereocenters. The Labute approximate surface area is 82.1 Å². The van der Waals surface area contributed by atoms with Crippen LogP contribution in [0.3, 0.4) is 0 Å². The molecule has 0 saturated carbocycles. The largest absolute Gasteiger partial charge is 0.388 e. The summed E-state index contributed by atoms with van der Waals surface area (Å²) in [5.74, 6) is 0. The van der Waals surface area contributed by atoms with Gasteiger partial charge in [0.25, 0.3) is 0 Å². The van der Waals surface area contributed by atoms with E-state index >= 15 is 0 Å². The summed E-state index contributed by atoms with van der Waals surface area (Å²) in [7, 11) is 1.88. The van der Waals surface area contributed by atoms with Crippen LogP contribution in [-0.2, 0) is 11.2 Å². The van der Waals surface area contributed by atoms with Crippen LogP contribution < -0.4 is 5.32 Å². The SMILES string of the molecule is CNc1cccc2[nH]cc(CC=O)c12. The van der Waals surface area contributed by atoms with Gasteiger partial charge in [0.05, 0.1) is 0 Å². The number of benzene rings is 1. The van der Waals surface area contributed by atoms with Crippen molar-refractivity contribution in [2.24, 2.45) is 0 Å². The van der Waals surface area contributed by atoms with E-state index in [-0.39, 0.29) is 0 Å². The highest BCUT2D eigenvalue weighted by molar-refractivity contribution is 5.95. The minimum atomic E-state index is 0.457. The molecule has 1 heterocycles. The fourth-order valence-corrected chi connectivity index (χ4v) is 1.71. The summed E-state index contributed by atoms with van der Waals surface area (Å²) >= 11 is 0. The van der Waals surface area contributed by atoms with Crippen molar-refractivity contribution in [3.05, 3.63) is 30.0 Å². The Bertz CT molecular complexity index is 459. The van der Waals surface area contributed by atoms with Crippen LogP contribution in [0.4, 0.5) is 5.69 Å². The number of aldehydes is 1. The lowest BCUT2D eigenvalue weighted by molar-refractivity contribution is -0.107. The van der Waals surface area contributed by atoms with E-state index in [1.807, 2.05) is 31.4 Å². The summed E-state index contributed by atoms with van der Waals surface area (Å²) in [4.78, 5) is 13.6.